The van der Waals surface area contributed by atoms with E-state index in [1.807, 2.05) is 12.1 Å². The maximum absolute atomic E-state index is 10.1. The summed E-state index contributed by atoms with van der Waals surface area (Å²) in [5.41, 5.74) is 1.27. The number of rotatable bonds is 4. The highest BCUT2D eigenvalue weighted by molar-refractivity contribution is 6.30. The summed E-state index contributed by atoms with van der Waals surface area (Å²) < 4.78 is 0. The quantitative estimate of drug-likeness (QED) is 0.894. The Morgan fingerprint density at radius 2 is 2.00 bits per heavy atom. The molecule has 1 heterocycles. The smallest absolute Gasteiger partial charge is 0.0502 e. The van der Waals surface area contributed by atoms with Crippen molar-refractivity contribution < 1.29 is 5.11 Å². The number of hydrogen-bond donors (Lipinski definition) is 1. The lowest BCUT2D eigenvalue weighted by molar-refractivity contribution is 0.00450. The van der Waals surface area contributed by atoms with Gasteiger partial charge in [-0.15, -0.1) is 0 Å². The van der Waals surface area contributed by atoms with Gasteiger partial charge in [0.25, 0.3) is 0 Å². The number of benzene rings is 1. The highest BCUT2D eigenvalue weighted by Crippen LogP contribution is 2.36. The molecule has 0 amide bonds. The second-order valence-corrected chi connectivity index (χ2v) is 7.77. The van der Waals surface area contributed by atoms with Gasteiger partial charge in [0, 0.05) is 23.0 Å². The standard InChI is InChI=1S/C19H28ClNO/c20-17-7-4-6-16(12-17)13-19(15-22)10-5-11-21(14-19)18-8-2-1-3-9-18/h4,6-7,12,18,22H,1-3,5,8-11,13-15H2/t19-/m0/s1. The molecule has 0 aromatic heterocycles. The Morgan fingerprint density at radius 1 is 1.18 bits per heavy atom. The second kappa shape index (κ2) is 7.33. The monoisotopic (exact) mass is 321 g/mol. The van der Waals surface area contributed by atoms with E-state index in [4.69, 9.17) is 11.6 Å². The van der Waals surface area contributed by atoms with Crippen LogP contribution >= 0.6 is 11.6 Å². The Balaban J connectivity index is 1.70. The fourth-order valence-electron chi connectivity index (χ4n) is 4.41. The average Bonchev–Trinajstić information content (AvgIpc) is 2.56. The van der Waals surface area contributed by atoms with Crippen molar-refractivity contribution in [2.75, 3.05) is 19.7 Å². The van der Waals surface area contributed by atoms with Gasteiger partial charge in [0.05, 0.1) is 6.61 Å². The summed E-state index contributed by atoms with van der Waals surface area (Å²) in [6, 6.07) is 8.89. The molecule has 22 heavy (non-hydrogen) atoms. The Kier molecular flexibility index (Phi) is 5.43. The minimum absolute atomic E-state index is 0.0143. The molecule has 0 radical (unpaired) electrons. The van der Waals surface area contributed by atoms with Crippen LogP contribution < -0.4 is 0 Å². The summed E-state index contributed by atoms with van der Waals surface area (Å²) in [5.74, 6) is 0. The van der Waals surface area contributed by atoms with Gasteiger partial charge < -0.3 is 5.11 Å². The van der Waals surface area contributed by atoms with Gasteiger partial charge in [-0.25, -0.2) is 0 Å². The molecule has 0 bridgehead atoms. The fourth-order valence-corrected chi connectivity index (χ4v) is 4.63. The van der Waals surface area contributed by atoms with Gasteiger partial charge in [-0.05, 0) is 56.3 Å². The summed E-state index contributed by atoms with van der Waals surface area (Å²) >= 11 is 6.13. The van der Waals surface area contributed by atoms with Gasteiger partial charge in [-0.3, -0.25) is 4.90 Å². The number of piperidine rings is 1. The molecule has 122 valence electrons. The molecule has 1 saturated carbocycles. The zero-order chi connectivity index (χ0) is 15.4. The molecule has 1 aliphatic heterocycles. The third kappa shape index (κ3) is 3.84. The first-order valence-corrected chi connectivity index (χ1v) is 9.18. The van der Waals surface area contributed by atoms with Crippen molar-refractivity contribution in [2.24, 2.45) is 5.41 Å². The molecular formula is C19H28ClNO. The van der Waals surface area contributed by atoms with Gasteiger partial charge >= 0.3 is 0 Å². The van der Waals surface area contributed by atoms with Gasteiger partial charge in [-0.1, -0.05) is 43.0 Å². The van der Waals surface area contributed by atoms with Crippen molar-refractivity contribution in [3.63, 3.8) is 0 Å². The maximum atomic E-state index is 10.1. The summed E-state index contributed by atoms with van der Waals surface area (Å²) in [6.45, 7) is 2.53. The highest BCUT2D eigenvalue weighted by Gasteiger charge is 2.37. The number of likely N-dealkylation sites (tertiary alicyclic amines) is 1. The zero-order valence-electron chi connectivity index (χ0n) is 13.4. The molecule has 2 fully saturated rings. The topological polar surface area (TPSA) is 23.5 Å². The van der Waals surface area contributed by atoms with E-state index in [2.05, 4.69) is 17.0 Å². The van der Waals surface area contributed by atoms with Gasteiger partial charge in [-0.2, -0.15) is 0 Å². The van der Waals surface area contributed by atoms with Crippen LogP contribution in [0.5, 0.6) is 0 Å². The van der Waals surface area contributed by atoms with E-state index in [-0.39, 0.29) is 12.0 Å². The van der Waals surface area contributed by atoms with Crippen LogP contribution in [0, 0.1) is 5.41 Å². The third-order valence-electron chi connectivity index (χ3n) is 5.59. The van der Waals surface area contributed by atoms with E-state index < -0.39 is 0 Å². The Bertz CT molecular complexity index is 486. The number of aliphatic hydroxyl groups excluding tert-OH is 1. The summed E-state index contributed by atoms with van der Waals surface area (Å²) in [5, 5.41) is 10.9. The second-order valence-electron chi connectivity index (χ2n) is 7.33. The molecule has 0 unspecified atom stereocenters. The van der Waals surface area contributed by atoms with Crippen molar-refractivity contribution >= 4 is 11.6 Å². The van der Waals surface area contributed by atoms with E-state index in [0.29, 0.717) is 0 Å². The lowest BCUT2D eigenvalue weighted by Crippen LogP contribution is -2.50. The molecule has 3 heteroatoms. The average molecular weight is 322 g/mol. The molecule has 1 aromatic carbocycles. The SMILES string of the molecule is OC[C@]1(Cc2cccc(Cl)c2)CCCN(C2CCCCC2)C1. The zero-order valence-corrected chi connectivity index (χ0v) is 14.2. The molecule has 1 aromatic rings. The maximum Gasteiger partial charge on any atom is 0.0502 e. The summed E-state index contributed by atoms with van der Waals surface area (Å²) in [7, 11) is 0. The molecular weight excluding hydrogens is 294 g/mol. The van der Waals surface area contributed by atoms with Crippen LogP contribution in [0.15, 0.2) is 24.3 Å². The largest absolute Gasteiger partial charge is 0.396 e. The number of halogens is 1. The van der Waals surface area contributed by atoms with Crippen LogP contribution in [0.1, 0.15) is 50.5 Å². The first kappa shape index (κ1) is 16.3. The third-order valence-corrected chi connectivity index (χ3v) is 5.82. The molecule has 2 nitrogen and oxygen atoms in total. The Labute approximate surface area is 139 Å². The van der Waals surface area contributed by atoms with Crippen LogP contribution in [0.4, 0.5) is 0 Å². The first-order valence-electron chi connectivity index (χ1n) is 8.80. The number of hydrogen-bond acceptors (Lipinski definition) is 2. The van der Waals surface area contributed by atoms with Crippen molar-refractivity contribution in [2.45, 2.75) is 57.4 Å². The molecule has 1 atom stereocenters. The van der Waals surface area contributed by atoms with Crippen molar-refractivity contribution in [1.82, 2.24) is 4.90 Å². The van der Waals surface area contributed by atoms with Crippen molar-refractivity contribution in [3.8, 4) is 0 Å². The van der Waals surface area contributed by atoms with Crippen LogP contribution in [-0.2, 0) is 6.42 Å². The van der Waals surface area contributed by atoms with E-state index >= 15 is 0 Å². The van der Waals surface area contributed by atoms with Crippen molar-refractivity contribution in [3.05, 3.63) is 34.9 Å². The molecule has 0 spiro atoms. The van der Waals surface area contributed by atoms with Crippen LogP contribution in [0.3, 0.4) is 0 Å². The van der Waals surface area contributed by atoms with Gasteiger partial charge in [0.2, 0.25) is 0 Å². The van der Waals surface area contributed by atoms with Crippen LogP contribution in [-0.4, -0.2) is 35.7 Å². The Hall–Kier alpha value is -0.570. The van der Waals surface area contributed by atoms with E-state index in [0.717, 1.165) is 30.5 Å². The molecule has 1 saturated heterocycles. The van der Waals surface area contributed by atoms with Gasteiger partial charge in [0.1, 0.15) is 0 Å². The normalized spacial score (nSPS) is 27.9. The van der Waals surface area contributed by atoms with Gasteiger partial charge in [0.15, 0.2) is 0 Å². The lowest BCUT2D eigenvalue weighted by atomic mass is 9.75. The number of aliphatic hydroxyl groups is 1. The summed E-state index contributed by atoms with van der Waals surface area (Å²) in [6.07, 6.45) is 10.1. The summed E-state index contributed by atoms with van der Waals surface area (Å²) in [4.78, 5) is 2.67. The van der Waals surface area contributed by atoms with E-state index in [9.17, 15) is 5.11 Å². The minimum Gasteiger partial charge on any atom is -0.396 e. The Morgan fingerprint density at radius 3 is 2.73 bits per heavy atom. The highest BCUT2D eigenvalue weighted by atomic mass is 35.5. The van der Waals surface area contributed by atoms with Crippen LogP contribution in [0.25, 0.3) is 0 Å². The molecule has 1 aliphatic carbocycles. The van der Waals surface area contributed by atoms with E-state index in [1.165, 1.54) is 50.6 Å². The van der Waals surface area contributed by atoms with Crippen LogP contribution in [0.2, 0.25) is 5.02 Å². The lowest BCUT2D eigenvalue weighted by Gasteiger charge is -2.46. The predicted octanol–water partition coefficient (Wildman–Crippen LogP) is 4.29. The predicted molar refractivity (Wildman–Crippen MR) is 92.4 cm³/mol. The van der Waals surface area contributed by atoms with E-state index in [1.54, 1.807) is 0 Å². The molecule has 1 N–H and O–H groups in total. The minimum atomic E-state index is 0.0143. The molecule has 3 rings (SSSR count). The van der Waals surface area contributed by atoms with Crippen molar-refractivity contribution in [1.29, 1.82) is 0 Å². The fraction of sp³-hybridized carbons (Fsp3) is 0.684. The number of nitrogens with zero attached hydrogens (tertiary/aromatic N) is 1. The molecule has 2 aliphatic rings. The first-order chi connectivity index (χ1) is 10.7.